The topological polar surface area (TPSA) is 94.4 Å². The Kier molecular flexibility index (Phi) is 4.78. The fraction of sp³-hybridized carbons (Fsp3) is 0.280. The first kappa shape index (κ1) is 20.3. The number of carboxylic acid groups (broad SMARTS) is 1. The number of piperazine rings is 1. The molecule has 4 aromatic rings. The molecule has 2 aromatic carbocycles. The monoisotopic (exact) mass is 430 g/mol. The molecule has 164 valence electrons. The quantitative estimate of drug-likeness (QED) is 0.435. The van der Waals surface area contributed by atoms with Gasteiger partial charge in [-0.3, -0.25) is 0 Å². The Morgan fingerprint density at radius 3 is 2.69 bits per heavy atom. The highest BCUT2D eigenvalue weighted by atomic mass is 16.4. The average Bonchev–Trinajstić information content (AvgIpc) is 3.38. The molecule has 5 rings (SSSR count). The average molecular weight is 431 g/mol. The van der Waals surface area contributed by atoms with Gasteiger partial charge in [0, 0.05) is 59.1 Å². The summed E-state index contributed by atoms with van der Waals surface area (Å²) in [5.74, 6) is -0.538. The second-order valence-corrected chi connectivity index (χ2v) is 8.98. The Morgan fingerprint density at radius 2 is 1.97 bits per heavy atom. The van der Waals surface area contributed by atoms with Crippen molar-refractivity contribution in [1.82, 2.24) is 15.3 Å². The Balaban J connectivity index is 1.53. The molecule has 32 heavy (non-hydrogen) atoms. The summed E-state index contributed by atoms with van der Waals surface area (Å²) in [7, 11) is 0. The highest BCUT2D eigenvalue weighted by molar-refractivity contribution is 5.98. The number of aryl methyl sites for hydroxylation is 1. The van der Waals surface area contributed by atoms with Gasteiger partial charge < -0.3 is 24.7 Å². The molecule has 7 heteroatoms. The number of H-pyrrole nitrogens is 1. The number of nitrogens with one attached hydrogen (secondary N) is 2. The number of rotatable bonds is 4. The van der Waals surface area contributed by atoms with Crippen LogP contribution in [0.3, 0.4) is 0 Å². The van der Waals surface area contributed by atoms with E-state index in [0.29, 0.717) is 11.5 Å². The number of hydrogen-bond acceptors (Lipinski definition) is 5. The maximum absolute atomic E-state index is 12.0. The van der Waals surface area contributed by atoms with Crippen LogP contribution in [0.4, 0.5) is 5.69 Å². The van der Waals surface area contributed by atoms with Crippen LogP contribution in [0.2, 0.25) is 0 Å². The largest absolute Gasteiger partial charge is 0.476 e. The van der Waals surface area contributed by atoms with Crippen LogP contribution < -0.4 is 10.2 Å². The maximum atomic E-state index is 12.0. The molecule has 3 N–H and O–H groups in total. The molecule has 7 nitrogen and oxygen atoms in total. The molecule has 0 atom stereocenters. The van der Waals surface area contributed by atoms with Gasteiger partial charge in [0.15, 0.2) is 11.5 Å². The van der Waals surface area contributed by atoms with Crippen LogP contribution in [0.1, 0.15) is 29.9 Å². The first-order valence-corrected chi connectivity index (χ1v) is 10.7. The number of aromatic nitrogens is 2. The van der Waals surface area contributed by atoms with Crippen molar-refractivity contribution < 1.29 is 14.3 Å². The third kappa shape index (κ3) is 3.54. The van der Waals surface area contributed by atoms with Gasteiger partial charge >= 0.3 is 5.97 Å². The number of aromatic amines is 1. The van der Waals surface area contributed by atoms with Crippen LogP contribution in [0, 0.1) is 6.92 Å². The number of hydrogen-bond donors (Lipinski definition) is 3. The number of oxazole rings is 1. The van der Waals surface area contributed by atoms with E-state index in [9.17, 15) is 9.90 Å². The fourth-order valence-electron chi connectivity index (χ4n) is 4.50. The molecule has 0 spiro atoms. The number of carboxylic acids is 1. The van der Waals surface area contributed by atoms with Gasteiger partial charge in [0.1, 0.15) is 0 Å². The lowest BCUT2D eigenvalue weighted by Crippen LogP contribution is -2.57. The molecule has 0 unspecified atom stereocenters. The molecule has 0 amide bonds. The Morgan fingerprint density at radius 1 is 1.19 bits per heavy atom. The number of nitrogens with zero attached hydrogens (tertiary/aromatic N) is 2. The first-order valence-electron chi connectivity index (χ1n) is 10.7. The van der Waals surface area contributed by atoms with E-state index in [1.165, 1.54) is 0 Å². The van der Waals surface area contributed by atoms with Crippen LogP contribution in [-0.2, 0) is 0 Å². The van der Waals surface area contributed by atoms with Crippen LogP contribution >= 0.6 is 0 Å². The lowest BCUT2D eigenvalue weighted by molar-refractivity contribution is 0.0691. The summed E-state index contributed by atoms with van der Waals surface area (Å²) in [6.45, 7) is 9.13. The lowest BCUT2D eigenvalue weighted by atomic mass is 10.0. The van der Waals surface area contributed by atoms with Crippen molar-refractivity contribution in [2.24, 2.45) is 0 Å². The van der Waals surface area contributed by atoms with E-state index < -0.39 is 5.97 Å². The number of aromatic carboxylic acids is 1. The zero-order chi connectivity index (χ0) is 22.5. The predicted octanol–water partition coefficient (Wildman–Crippen LogP) is 4.68. The molecular formula is C25H26N4O3. The molecule has 0 aliphatic carbocycles. The van der Waals surface area contributed by atoms with Crippen molar-refractivity contribution in [2.75, 3.05) is 24.5 Å². The van der Waals surface area contributed by atoms with Gasteiger partial charge in [0.05, 0.1) is 0 Å². The molecule has 0 radical (unpaired) electrons. The molecule has 1 saturated heterocycles. The van der Waals surface area contributed by atoms with Gasteiger partial charge in [-0.25, -0.2) is 9.78 Å². The Hall–Kier alpha value is -3.58. The number of fused-ring (bicyclic) bond motifs is 1. The standard InChI is InChI=1S/C25H26N4O3/c1-15-13-26-19-6-4-5-18(20(15)19)23-28-21(24(30)31)22(32-23)16-7-9-17(10-8-16)29-12-11-27-25(2,3)14-29/h4-10,13,26-27H,11-12,14H2,1-3H3,(H,30,31). The van der Waals surface area contributed by atoms with Crippen molar-refractivity contribution in [3.8, 4) is 22.8 Å². The summed E-state index contributed by atoms with van der Waals surface area (Å²) >= 11 is 0. The van der Waals surface area contributed by atoms with E-state index in [2.05, 4.69) is 34.0 Å². The minimum absolute atomic E-state index is 0.0462. The predicted molar refractivity (Wildman–Crippen MR) is 125 cm³/mol. The molecule has 1 aliphatic rings. The number of carbonyl (C=O) groups is 1. The zero-order valence-corrected chi connectivity index (χ0v) is 18.4. The van der Waals surface area contributed by atoms with E-state index in [1.54, 1.807) is 0 Å². The van der Waals surface area contributed by atoms with E-state index in [1.807, 2.05) is 55.6 Å². The number of anilines is 1. The third-order valence-electron chi connectivity index (χ3n) is 6.03. The molecule has 0 bridgehead atoms. The zero-order valence-electron chi connectivity index (χ0n) is 18.4. The van der Waals surface area contributed by atoms with Crippen LogP contribution in [-0.4, -0.2) is 46.2 Å². The van der Waals surface area contributed by atoms with E-state index in [0.717, 1.165) is 47.4 Å². The molecule has 3 heterocycles. The Labute approximate surface area is 186 Å². The summed E-state index contributed by atoms with van der Waals surface area (Å²) in [4.78, 5) is 21.9. The molecule has 1 fully saturated rings. The fourth-order valence-corrected chi connectivity index (χ4v) is 4.50. The summed E-state index contributed by atoms with van der Waals surface area (Å²) in [5.41, 5.74) is 4.54. The molecule has 1 aliphatic heterocycles. The van der Waals surface area contributed by atoms with E-state index in [4.69, 9.17) is 4.42 Å². The van der Waals surface area contributed by atoms with Gasteiger partial charge in [-0.05, 0) is 62.7 Å². The number of benzene rings is 2. The van der Waals surface area contributed by atoms with Crippen molar-refractivity contribution in [1.29, 1.82) is 0 Å². The minimum Gasteiger partial charge on any atom is -0.476 e. The third-order valence-corrected chi connectivity index (χ3v) is 6.03. The van der Waals surface area contributed by atoms with Gasteiger partial charge in [-0.15, -0.1) is 0 Å². The van der Waals surface area contributed by atoms with Crippen molar-refractivity contribution in [3.05, 3.63) is 59.9 Å². The first-order chi connectivity index (χ1) is 15.3. The van der Waals surface area contributed by atoms with E-state index in [-0.39, 0.29) is 17.0 Å². The van der Waals surface area contributed by atoms with Crippen LogP contribution in [0.15, 0.2) is 53.1 Å². The van der Waals surface area contributed by atoms with Crippen molar-refractivity contribution >= 4 is 22.6 Å². The van der Waals surface area contributed by atoms with Gasteiger partial charge in [-0.2, -0.15) is 0 Å². The smallest absolute Gasteiger partial charge is 0.358 e. The van der Waals surface area contributed by atoms with Crippen LogP contribution in [0.5, 0.6) is 0 Å². The molecular weight excluding hydrogens is 404 g/mol. The second kappa shape index (κ2) is 7.53. The Bertz CT molecular complexity index is 1300. The minimum atomic E-state index is -1.11. The van der Waals surface area contributed by atoms with Gasteiger partial charge in [0.2, 0.25) is 5.89 Å². The normalized spacial score (nSPS) is 15.9. The van der Waals surface area contributed by atoms with Crippen molar-refractivity contribution in [2.45, 2.75) is 26.3 Å². The SMILES string of the molecule is Cc1c[nH]c2cccc(-c3nc(C(=O)O)c(-c4ccc(N5CCNC(C)(C)C5)cc4)o3)c12. The van der Waals surface area contributed by atoms with Crippen molar-refractivity contribution in [3.63, 3.8) is 0 Å². The summed E-state index contributed by atoms with van der Waals surface area (Å²) in [5, 5.41) is 14.3. The highest BCUT2D eigenvalue weighted by Crippen LogP contribution is 2.35. The summed E-state index contributed by atoms with van der Waals surface area (Å²) in [6, 6.07) is 13.6. The highest BCUT2D eigenvalue weighted by Gasteiger charge is 2.27. The molecule has 0 saturated carbocycles. The van der Waals surface area contributed by atoms with Gasteiger partial charge in [0.25, 0.3) is 0 Å². The van der Waals surface area contributed by atoms with E-state index >= 15 is 0 Å². The van der Waals surface area contributed by atoms with Crippen LogP contribution in [0.25, 0.3) is 33.7 Å². The maximum Gasteiger partial charge on any atom is 0.358 e. The van der Waals surface area contributed by atoms with Gasteiger partial charge in [-0.1, -0.05) is 6.07 Å². The second-order valence-electron chi connectivity index (χ2n) is 8.98. The summed E-state index contributed by atoms with van der Waals surface area (Å²) < 4.78 is 6.07. The summed E-state index contributed by atoms with van der Waals surface area (Å²) in [6.07, 6.45) is 1.92. The lowest BCUT2D eigenvalue weighted by Gasteiger charge is -2.40. The molecule has 2 aromatic heterocycles.